The molecule has 1 unspecified atom stereocenters. The van der Waals surface area contributed by atoms with Crippen LogP contribution in [0.15, 0.2) is 0 Å². The maximum Gasteiger partial charge on any atom is 0.315 e. The van der Waals surface area contributed by atoms with Gasteiger partial charge in [0.15, 0.2) is 0 Å². The molecule has 2 amide bonds. The van der Waals surface area contributed by atoms with E-state index in [4.69, 9.17) is 5.11 Å². The van der Waals surface area contributed by atoms with E-state index in [0.717, 1.165) is 25.7 Å². The Kier molecular flexibility index (Phi) is 5.18. The number of thioether (sulfide) groups is 1. The predicted octanol–water partition coefficient (Wildman–Crippen LogP) is 2.21. The molecular formula is C14H24N2O3S. The number of nitrogens with one attached hydrogen (secondary N) is 2. The van der Waals surface area contributed by atoms with Crippen molar-refractivity contribution in [2.24, 2.45) is 5.92 Å². The van der Waals surface area contributed by atoms with E-state index in [2.05, 4.69) is 16.9 Å². The molecule has 0 aliphatic heterocycles. The summed E-state index contributed by atoms with van der Waals surface area (Å²) in [6, 6.07) is -0.440. The van der Waals surface area contributed by atoms with Crippen LogP contribution >= 0.6 is 11.8 Å². The second-order valence-electron chi connectivity index (χ2n) is 5.96. The van der Waals surface area contributed by atoms with Gasteiger partial charge in [-0.1, -0.05) is 12.8 Å². The molecule has 0 bridgehead atoms. The van der Waals surface area contributed by atoms with E-state index in [1.54, 1.807) is 0 Å². The third-order valence-corrected chi connectivity index (χ3v) is 5.84. The first-order valence-electron chi connectivity index (χ1n) is 7.36. The summed E-state index contributed by atoms with van der Waals surface area (Å²) in [4.78, 5) is 22.8. The zero-order chi connectivity index (χ0) is 14.6. The molecule has 2 aliphatic rings. The number of carboxylic acid groups (broad SMARTS) is 1. The van der Waals surface area contributed by atoms with Crippen molar-refractivity contribution in [2.45, 2.75) is 55.7 Å². The molecule has 2 aliphatic carbocycles. The molecule has 0 aromatic carbocycles. The standard InChI is InChI=1S/C14H24N2O3S/c1-20-14(6-2-3-7-14)9-15-13(19)16-11(8-12(17)18)10-4-5-10/h10-11H,2-9H2,1H3,(H,17,18)(H2,15,16,19). The molecule has 0 spiro atoms. The molecule has 0 radical (unpaired) electrons. The molecule has 1 atom stereocenters. The lowest BCUT2D eigenvalue weighted by molar-refractivity contribution is -0.137. The van der Waals surface area contributed by atoms with E-state index >= 15 is 0 Å². The van der Waals surface area contributed by atoms with Gasteiger partial charge in [-0.25, -0.2) is 4.79 Å². The molecule has 5 nitrogen and oxygen atoms in total. The fourth-order valence-electron chi connectivity index (χ4n) is 2.96. The molecule has 0 aromatic rings. The van der Waals surface area contributed by atoms with Crippen molar-refractivity contribution < 1.29 is 14.7 Å². The van der Waals surface area contributed by atoms with Gasteiger partial charge in [0.05, 0.1) is 6.42 Å². The van der Waals surface area contributed by atoms with Crippen molar-refractivity contribution >= 4 is 23.8 Å². The third kappa shape index (κ3) is 4.30. The molecule has 2 rings (SSSR count). The molecule has 3 N–H and O–H groups in total. The second kappa shape index (κ2) is 6.70. The van der Waals surface area contributed by atoms with Gasteiger partial charge in [-0.2, -0.15) is 11.8 Å². The minimum absolute atomic E-state index is 0.0196. The highest BCUT2D eigenvalue weighted by molar-refractivity contribution is 8.00. The van der Waals surface area contributed by atoms with Crippen LogP contribution in [0.2, 0.25) is 0 Å². The Hall–Kier alpha value is -0.910. The summed E-state index contributed by atoms with van der Waals surface area (Å²) in [5.74, 6) is -0.503. The molecular weight excluding hydrogens is 276 g/mol. The number of hydrogen-bond donors (Lipinski definition) is 3. The molecule has 114 valence electrons. The summed E-state index contributed by atoms with van der Waals surface area (Å²) in [5, 5.41) is 14.7. The van der Waals surface area contributed by atoms with Gasteiger partial charge in [0.1, 0.15) is 0 Å². The Morgan fingerprint density at radius 2 is 2.00 bits per heavy atom. The third-order valence-electron chi connectivity index (χ3n) is 4.42. The van der Waals surface area contributed by atoms with Gasteiger partial charge in [0.25, 0.3) is 0 Å². The van der Waals surface area contributed by atoms with Crippen molar-refractivity contribution in [1.82, 2.24) is 10.6 Å². The molecule has 0 saturated heterocycles. The fraction of sp³-hybridized carbons (Fsp3) is 0.857. The van der Waals surface area contributed by atoms with Crippen molar-refractivity contribution in [3.63, 3.8) is 0 Å². The van der Waals surface area contributed by atoms with Gasteiger partial charge in [0, 0.05) is 17.3 Å². The van der Waals surface area contributed by atoms with Crippen LogP contribution in [-0.4, -0.2) is 40.7 Å². The van der Waals surface area contributed by atoms with Crippen molar-refractivity contribution in [1.29, 1.82) is 0 Å². The Labute approximate surface area is 124 Å². The molecule has 0 aromatic heterocycles. The number of carbonyl (C=O) groups is 2. The highest BCUT2D eigenvalue weighted by atomic mass is 32.2. The van der Waals surface area contributed by atoms with Gasteiger partial charge in [-0.05, 0) is 37.9 Å². The van der Waals surface area contributed by atoms with Crippen LogP contribution in [0, 0.1) is 5.92 Å². The quantitative estimate of drug-likeness (QED) is 0.673. The summed E-state index contributed by atoms with van der Waals surface area (Å²) in [6.45, 7) is 0.671. The van der Waals surface area contributed by atoms with Crippen LogP contribution in [0.5, 0.6) is 0 Å². The van der Waals surface area contributed by atoms with E-state index in [9.17, 15) is 9.59 Å². The van der Waals surface area contributed by atoms with Crippen LogP contribution in [0.1, 0.15) is 44.9 Å². The summed E-state index contributed by atoms with van der Waals surface area (Å²) in [6.07, 6.45) is 8.92. The van der Waals surface area contributed by atoms with Crippen LogP contribution in [0.25, 0.3) is 0 Å². The Bertz CT molecular complexity index is 365. The maximum absolute atomic E-state index is 12.0. The monoisotopic (exact) mass is 300 g/mol. The lowest BCUT2D eigenvalue weighted by Gasteiger charge is -2.27. The van der Waals surface area contributed by atoms with Crippen LogP contribution in [0.4, 0.5) is 4.79 Å². The normalized spacial score (nSPS) is 22.2. The molecule has 6 heteroatoms. The highest BCUT2D eigenvalue weighted by Gasteiger charge is 2.35. The SMILES string of the molecule is CSC1(CNC(=O)NC(CC(=O)O)C2CC2)CCCC1. The van der Waals surface area contributed by atoms with Crippen molar-refractivity contribution in [2.75, 3.05) is 12.8 Å². The zero-order valence-electron chi connectivity index (χ0n) is 12.0. The number of carboxylic acids is 1. The van der Waals surface area contributed by atoms with Gasteiger partial charge in [-0.15, -0.1) is 0 Å². The van der Waals surface area contributed by atoms with Crippen LogP contribution < -0.4 is 10.6 Å². The summed E-state index contributed by atoms with van der Waals surface area (Å²) >= 11 is 1.83. The number of amides is 2. The fourth-order valence-corrected chi connectivity index (χ4v) is 3.87. The minimum Gasteiger partial charge on any atom is -0.481 e. The minimum atomic E-state index is -0.849. The lowest BCUT2D eigenvalue weighted by atomic mass is 10.1. The highest BCUT2D eigenvalue weighted by Crippen LogP contribution is 2.39. The Morgan fingerprint density at radius 3 is 2.50 bits per heavy atom. The summed E-state index contributed by atoms with van der Waals surface area (Å²) in [5.41, 5.74) is 0. The smallest absolute Gasteiger partial charge is 0.315 e. The van der Waals surface area contributed by atoms with E-state index in [1.807, 2.05) is 11.8 Å². The lowest BCUT2D eigenvalue weighted by Crippen LogP contribution is -2.48. The summed E-state index contributed by atoms with van der Waals surface area (Å²) < 4.78 is 0.180. The van der Waals surface area contributed by atoms with Crippen LogP contribution in [-0.2, 0) is 4.79 Å². The van der Waals surface area contributed by atoms with Crippen LogP contribution in [0.3, 0.4) is 0 Å². The first kappa shape index (κ1) is 15.5. The van der Waals surface area contributed by atoms with E-state index in [0.29, 0.717) is 12.5 Å². The topological polar surface area (TPSA) is 78.4 Å². The average molecular weight is 300 g/mol. The number of carbonyl (C=O) groups excluding carboxylic acids is 1. The van der Waals surface area contributed by atoms with Gasteiger partial charge >= 0.3 is 12.0 Å². The predicted molar refractivity (Wildman–Crippen MR) is 80.0 cm³/mol. The second-order valence-corrected chi connectivity index (χ2v) is 7.24. The maximum atomic E-state index is 12.0. The Morgan fingerprint density at radius 1 is 1.35 bits per heavy atom. The van der Waals surface area contributed by atoms with E-state index in [1.165, 1.54) is 12.8 Å². The van der Waals surface area contributed by atoms with Gasteiger partial charge in [0.2, 0.25) is 0 Å². The molecule has 2 fully saturated rings. The van der Waals surface area contributed by atoms with E-state index < -0.39 is 5.97 Å². The summed E-state index contributed by atoms with van der Waals surface area (Å²) in [7, 11) is 0. The Balaban J connectivity index is 1.77. The van der Waals surface area contributed by atoms with Gasteiger partial charge in [-0.3, -0.25) is 4.79 Å². The number of rotatable bonds is 7. The van der Waals surface area contributed by atoms with Gasteiger partial charge < -0.3 is 15.7 Å². The first-order valence-corrected chi connectivity index (χ1v) is 8.58. The van der Waals surface area contributed by atoms with Crippen molar-refractivity contribution in [3.8, 4) is 0 Å². The average Bonchev–Trinajstić information content (AvgIpc) is 3.15. The molecule has 0 heterocycles. The molecule has 2 saturated carbocycles. The number of hydrogen-bond acceptors (Lipinski definition) is 3. The van der Waals surface area contributed by atoms with Crippen molar-refractivity contribution in [3.05, 3.63) is 0 Å². The zero-order valence-corrected chi connectivity index (χ0v) is 12.8. The number of aliphatic carboxylic acids is 1. The number of urea groups is 1. The first-order chi connectivity index (χ1) is 9.54. The molecule has 20 heavy (non-hydrogen) atoms. The largest absolute Gasteiger partial charge is 0.481 e. The van der Waals surface area contributed by atoms with E-state index in [-0.39, 0.29) is 23.2 Å².